The third-order valence-electron chi connectivity index (χ3n) is 1.78. The van der Waals surface area contributed by atoms with E-state index in [1.165, 1.54) is 6.92 Å². The van der Waals surface area contributed by atoms with Gasteiger partial charge in [0.05, 0.1) is 9.82 Å². The summed E-state index contributed by atoms with van der Waals surface area (Å²) in [7, 11) is 1.10. The van der Waals surface area contributed by atoms with E-state index < -0.39 is 19.7 Å². The van der Waals surface area contributed by atoms with Gasteiger partial charge in [-0.2, -0.15) is 0 Å². The molecule has 0 bridgehead atoms. The van der Waals surface area contributed by atoms with Crippen LogP contribution in [0.2, 0.25) is 5.02 Å². The van der Waals surface area contributed by atoms with Gasteiger partial charge in [-0.15, -0.1) is 0 Å². The molecular formula is C7H5Cl2NO4S. The first-order valence-corrected chi connectivity index (χ1v) is 6.32. The molecule has 0 fully saturated rings. The summed E-state index contributed by atoms with van der Waals surface area (Å²) in [6.07, 6.45) is 0. The van der Waals surface area contributed by atoms with E-state index in [0.29, 0.717) is 0 Å². The van der Waals surface area contributed by atoms with Gasteiger partial charge in [0.15, 0.2) is 0 Å². The van der Waals surface area contributed by atoms with Crippen molar-refractivity contribution in [1.82, 2.24) is 0 Å². The van der Waals surface area contributed by atoms with Crippen molar-refractivity contribution in [1.29, 1.82) is 0 Å². The molecule has 0 aliphatic rings. The smallest absolute Gasteiger partial charge is 0.258 e. The molecule has 5 nitrogen and oxygen atoms in total. The lowest BCUT2D eigenvalue weighted by Crippen LogP contribution is -2.00. The lowest BCUT2D eigenvalue weighted by atomic mass is 10.2. The Hall–Kier alpha value is -0.850. The van der Waals surface area contributed by atoms with Crippen LogP contribution in [0.3, 0.4) is 0 Å². The Kier molecular flexibility index (Phi) is 3.22. The number of nitro groups is 1. The number of benzene rings is 1. The largest absolute Gasteiger partial charge is 0.292 e. The molecule has 8 heteroatoms. The molecule has 0 spiro atoms. The van der Waals surface area contributed by atoms with Crippen molar-refractivity contribution in [2.24, 2.45) is 0 Å². The molecule has 0 unspecified atom stereocenters. The van der Waals surface area contributed by atoms with Gasteiger partial charge in [-0.05, 0) is 19.1 Å². The molecule has 0 aliphatic heterocycles. The van der Waals surface area contributed by atoms with Gasteiger partial charge < -0.3 is 0 Å². The predicted octanol–water partition coefficient (Wildman–Crippen LogP) is 2.48. The van der Waals surface area contributed by atoms with Crippen LogP contribution < -0.4 is 0 Å². The molecule has 15 heavy (non-hydrogen) atoms. The summed E-state index contributed by atoms with van der Waals surface area (Å²) < 4.78 is 22.1. The highest BCUT2D eigenvalue weighted by molar-refractivity contribution is 8.13. The van der Waals surface area contributed by atoms with E-state index in [1.54, 1.807) is 0 Å². The highest BCUT2D eigenvalue weighted by Crippen LogP contribution is 2.33. The van der Waals surface area contributed by atoms with Crippen LogP contribution in [-0.4, -0.2) is 13.3 Å². The Morgan fingerprint density at radius 3 is 2.33 bits per heavy atom. The maximum absolute atomic E-state index is 11.0. The van der Waals surface area contributed by atoms with Crippen molar-refractivity contribution in [3.05, 3.63) is 32.8 Å². The number of nitro benzene ring substituents is 1. The zero-order chi connectivity index (χ0) is 11.8. The summed E-state index contributed by atoms with van der Waals surface area (Å²) in [5.74, 6) is 0. The van der Waals surface area contributed by atoms with E-state index >= 15 is 0 Å². The quantitative estimate of drug-likeness (QED) is 0.470. The fourth-order valence-corrected chi connectivity index (χ4v) is 2.61. The van der Waals surface area contributed by atoms with Crippen LogP contribution in [0.25, 0.3) is 0 Å². The van der Waals surface area contributed by atoms with Crippen LogP contribution in [0, 0.1) is 17.0 Å². The minimum atomic E-state index is -4.00. The van der Waals surface area contributed by atoms with E-state index in [1.807, 2.05) is 0 Å². The number of rotatable bonds is 2. The van der Waals surface area contributed by atoms with Crippen molar-refractivity contribution >= 4 is 37.0 Å². The molecule has 0 atom stereocenters. The first-order valence-electron chi connectivity index (χ1n) is 3.63. The average Bonchev–Trinajstić information content (AvgIpc) is 2.00. The maximum Gasteiger partial charge on any atom is 0.292 e. The fourth-order valence-electron chi connectivity index (χ4n) is 1.14. The lowest BCUT2D eigenvalue weighted by Gasteiger charge is -2.03. The molecular weight excluding hydrogens is 265 g/mol. The van der Waals surface area contributed by atoms with Gasteiger partial charge in [-0.3, -0.25) is 10.1 Å². The van der Waals surface area contributed by atoms with Gasteiger partial charge in [0.1, 0.15) is 5.02 Å². The van der Waals surface area contributed by atoms with Crippen LogP contribution >= 0.6 is 22.3 Å². The molecule has 0 saturated carbocycles. The molecule has 1 aromatic carbocycles. The Balaban J connectivity index is 3.64. The van der Waals surface area contributed by atoms with Crippen molar-refractivity contribution in [3.63, 3.8) is 0 Å². The first kappa shape index (κ1) is 12.2. The number of hydrogen-bond donors (Lipinski definition) is 0. The van der Waals surface area contributed by atoms with E-state index in [4.69, 9.17) is 22.3 Å². The molecule has 0 saturated heterocycles. The van der Waals surface area contributed by atoms with Gasteiger partial charge >= 0.3 is 0 Å². The van der Waals surface area contributed by atoms with Crippen molar-refractivity contribution in [2.75, 3.05) is 0 Å². The van der Waals surface area contributed by atoms with Crippen LogP contribution in [0.5, 0.6) is 0 Å². The zero-order valence-electron chi connectivity index (χ0n) is 7.40. The monoisotopic (exact) mass is 269 g/mol. The number of nitrogens with zero attached hydrogens (tertiary/aromatic N) is 1. The van der Waals surface area contributed by atoms with Crippen LogP contribution in [-0.2, 0) is 9.05 Å². The Morgan fingerprint density at radius 2 is 1.93 bits per heavy atom. The Bertz CT molecular complexity index is 526. The summed E-state index contributed by atoms with van der Waals surface area (Å²) >= 11 is 5.57. The van der Waals surface area contributed by atoms with Gasteiger partial charge in [0.2, 0.25) is 0 Å². The molecule has 0 radical (unpaired) electrons. The van der Waals surface area contributed by atoms with E-state index in [-0.39, 0.29) is 15.5 Å². The molecule has 1 aromatic rings. The molecule has 0 heterocycles. The van der Waals surface area contributed by atoms with E-state index in [2.05, 4.69) is 0 Å². The molecule has 82 valence electrons. The summed E-state index contributed by atoms with van der Waals surface area (Å²) in [4.78, 5) is 9.55. The van der Waals surface area contributed by atoms with Gasteiger partial charge in [-0.25, -0.2) is 8.42 Å². The van der Waals surface area contributed by atoms with Gasteiger partial charge in [-0.1, -0.05) is 11.6 Å². The van der Waals surface area contributed by atoms with Gasteiger partial charge in [0.25, 0.3) is 14.7 Å². The molecule has 0 N–H and O–H groups in total. The van der Waals surface area contributed by atoms with Crippen LogP contribution in [0.1, 0.15) is 5.56 Å². The van der Waals surface area contributed by atoms with E-state index in [0.717, 1.165) is 12.1 Å². The minimum absolute atomic E-state index is 0.0671. The molecule has 0 aromatic heterocycles. The van der Waals surface area contributed by atoms with Crippen LogP contribution in [0.4, 0.5) is 5.69 Å². The third-order valence-corrected chi connectivity index (χ3v) is 3.55. The van der Waals surface area contributed by atoms with E-state index in [9.17, 15) is 18.5 Å². The summed E-state index contributed by atoms with van der Waals surface area (Å²) in [6, 6.07) is 2.26. The topological polar surface area (TPSA) is 77.3 Å². The van der Waals surface area contributed by atoms with Gasteiger partial charge in [0, 0.05) is 16.2 Å². The summed E-state index contributed by atoms with van der Waals surface area (Å²) in [5.41, 5.74) is -0.513. The van der Waals surface area contributed by atoms with Crippen LogP contribution in [0.15, 0.2) is 17.0 Å². The number of halogens is 2. The van der Waals surface area contributed by atoms with Crippen molar-refractivity contribution < 1.29 is 13.3 Å². The standard InChI is InChI=1S/C7H5Cl2NO4S/c1-4-6(15(9,13)14)3-2-5(8)7(4)10(11)12/h2-3H,1H3. The fraction of sp³-hybridized carbons (Fsp3) is 0.143. The highest BCUT2D eigenvalue weighted by Gasteiger charge is 2.24. The maximum atomic E-state index is 11.0. The van der Waals surface area contributed by atoms with Crippen molar-refractivity contribution in [3.8, 4) is 0 Å². The molecule has 0 amide bonds. The Morgan fingerprint density at radius 1 is 1.40 bits per heavy atom. The minimum Gasteiger partial charge on any atom is -0.258 e. The second-order valence-corrected chi connectivity index (χ2v) is 5.66. The SMILES string of the molecule is Cc1c(S(=O)(=O)Cl)ccc(Cl)c1[N+](=O)[O-]. The average molecular weight is 270 g/mol. The molecule has 1 rings (SSSR count). The summed E-state index contributed by atoms with van der Waals surface area (Å²) in [5, 5.41) is 10.5. The normalized spacial score (nSPS) is 11.4. The third kappa shape index (κ3) is 2.39. The second kappa shape index (κ2) is 3.96. The Labute approximate surface area is 95.2 Å². The lowest BCUT2D eigenvalue weighted by molar-refractivity contribution is -0.385. The zero-order valence-corrected chi connectivity index (χ0v) is 9.73. The second-order valence-electron chi connectivity index (χ2n) is 2.71. The number of hydrogen-bond acceptors (Lipinski definition) is 4. The van der Waals surface area contributed by atoms with Crippen molar-refractivity contribution in [2.45, 2.75) is 11.8 Å². The predicted molar refractivity (Wildman–Crippen MR) is 55.9 cm³/mol. The first-order chi connectivity index (χ1) is 6.75. The highest BCUT2D eigenvalue weighted by atomic mass is 35.7. The molecule has 0 aliphatic carbocycles. The summed E-state index contributed by atoms with van der Waals surface area (Å²) in [6.45, 7) is 1.28.